The predicted molar refractivity (Wildman–Crippen MR) is 116 cm³/mol. The van der Waals surface area contributed by atoms with Crippen LogP contribution in [0.25, 0.3) is 0 Å². The van der Waals surface area contributed by atoms with E-state index in [9.17, 15) is 25.0 Å². The molecule has 1 aromatic heterocycles. The van der Waals surface area contributed by atoms with Crippen molar-refractivity contribution >= 4 is 28.9 Å². The number of aromatic nitrogens is 2. The predicted octanol–water partition coefficient (Wildman–Crippen LogP) is 1.88. The maximum atomic E-state index is 12.2. The van der Waals surface area contributed by atoms with E-state index in [1.807, 2.05) is 0 Å². The zero-order chi connectivity index (χ0) is 22.9. The fourth-order valence-corrected chi connectivity index (χ4v) is 3.38. The minimum atomic E-state index is -0.617. The molecule has 3 rings (SSSR count). The summed E-state index contributed by atoms with van der Waals surface area (Å²) in [6, 6.07) is 5.53. The number of non-ortho nitro benzene ring substituents is 1. The van der Waals surface area contributed by atoms with E-state index in [2.05, 4.69) is 31.0 Å². The third kappa shape index (κ3) is 6.31. The van der Waals surface area contributed by atoms with Crippen molar-refractivity contribution in [1.29, 1.82) is 0 Å². The second-order valence-corrected chi connectivity index (χ2v) is 7.28. The Balaban J connectivity index is 1.57. The number of hydrazine groups is 1. The van der Waals surface area contributed by atoms with Crippen LogP contribution in [0.5, 0.6) is 0 Å². The molecule has 1 amide bonds. The Labute approximate surface area is 183 Å². The van der Waals surface area contributed by atoms with E-state index in [1.54, 1.807) is 0 Å². The molecule has 3 N–H and O–H groups in total. The van der Waals surface area contributed by atoms with Crippen LogP contribution >= 0.6 is 0 Å². The van der Waals surface area contributed by atoms with E-state index in [1.165, 1.54) is 37.0 Å². The van der Waals surface area contributed by atoms with Crippen LogP contribution < -0.4 is 16.2 Å². The molecule has 2 heterocycles. The number of carbonyl (C=O) groups excluding carboxylic acids is 1. The van der Waals surface area contributed by atoms with E-state index >= 15 is 0 Å². The number of benzene rings is 1. The molecule has 2 aromatic rings. The molecule has 1 aliphatic rings. The molecule has 1 saturated heterocycles. The van der Waals surface area contributed by atoms with Crippen LogP contribution in [0.1, 0.15) is 24.8 Å². The molecule has 13 nitrogen and oxygen atoms in total. The molecule has 170 valence electrons. The number of anilines is 2. The highest BCUT2D eigenvalue weighted by molar-refractivity contribution is 5.81. The van der Waals surface area contributed by atoms with Crippen molar-refractivity contribution in [2.24, 2.45) is 0 Å². The Bertz CT molecular complexity index is 963. The molecule has 0 saturated carbocycles. The van der Waals surface area contributed by atoms with E-state index in [0.29, 0.717) is 12.1 Å². The third-order valence-corrected chi connectivity index (χ3v) is 5.01. The monoisotopic (exact) mass is 444 g/mol. The van der Waals surface area contributed by atoms with Gasteiger partial charge < -0.3 is 10.2 Å². The Kier molecular flexibility index (Phi) is 7.80. The lowest BCUT2D eigenvalue weighted by Gasteiger charge is -2.26. The SMILES string of the molecule is O=C(Cc1ccc([N+](=O)[O-])cc1)NNc1ncnc(NCCN2CCCCC2)c1[N+](=O)[O-]. The molecule has 13 heteroatoms. The second kappa shape index (κ2) is 10.9. The van der Waals surface area contributed by atoms with E-state index in [0.717, 1.165) is 32.5 Å². The Morgan fingerprint density at radius 1 is 1.00 bits per heavy atom. The number of nitrogens with one attached hydrogen (secondary N) is 3. The average Bonchev–Trinajstić information content (AvgIpc) is 2.78. The van der Waals surface area contributed by atoms with Gasteiger partial charge in [0.25, 0.3) is 5.69 Å². The minimum Gasteiger partial charge on any atom is -0.363 e. The van der Waals surface area contributed by atoms with Gasteiger partial charge in [0.15, 0.2) is 0 Å². The van der Waals surface area contributed by atoms with E-state index in [4.69, 9.17) is 0 Å². The van der Waals surface area contributed by atoms with E-state index in [-0.39, 0.29) is 29.4 Å². The molecule has 0 radical (unpaired) electrons. The summed E-state index contributed by atoms with van der Waals surface area (Å²) in [6.45, 7) is 3.27. The van der Waals surface area contributed by atoms with Gasteiger partial charge in [0.2, 0.25) is 17.5 Å². The summed E-state index contributed by atoms with van der Waals surface area (Å²) in [5.74, 6) is -0.581. The molecule has 0 aliphatic carbocycles. The van der Waals surface area contributed by atoms with Gasteiger partial charge in [-0.15, -0.1) is 0 Å². The van der Waals surface area contributed by atoms with Gasteiger partial charge >= 0.3 is 5.69 Å². The Morgan fingerprint density at radius 2 is 1.69 bits per heavy atom. The van der Waals surface area contributed by atoms with Gasteiger partial charge in [-0.2, -0.15) is 0 Å². The quantitative estimate of drug-likeness (QED) is 0.363. The number of likely N-dealkylation sites (tertiary alicyclic amines) is 1. The van der Waals surface area contributed by atoms with Crippen LogP contribution in [0.15, 0.2) is 30.6 Å². The van der Waals surface area contributed by atoms with Gasteiger partial charge in [-0.05, 0) is 31.5 Å². The highest BCUT2D eigenvalue weighted by Gasteiger charge is 2.23. The highest BCUT2D eigenvalue weighted by Crippen LogP contribution is 2.28. The summed E-state index contributed by atoms with van der Waals surface area (Å²) in [5, 5.41) is 25.3. The fraction of sp³-hybridized carbons (Fsp3) is 0.421. The largest absolute Gasteiger partial charge is 0.363 e. The topological polar surface area (TPSA) is 168 Å². The molecule has 0 atom stereocenters. The number of nitrogens with zero attached hydrogens (tertiary/aromatic N) is 5. The Hall–Kier alpha value is -3.87. The number of hydrogen-bond acceptors (Lipinski definition) is 10. The minimum absolute atomic E-state index is 0.0640. The normalized spacial score (nSPS) is 13.9. The van der Waals surface area contributed by atoms with Gasteiger partial charge in [0.1, 0.15) is 6.33 Å². The summed E-state index contributed by atoms with van der Waals surface area (Å²) in [6.07, 6.45) is 4.63. The number of rotatable bonds is 10. The molecule has 32 heavy (non-hydrogen) atoms. The van der Waals surface area contributed by atoms with Crippen molar-refractivity contribution < 1.29 is 14.6 Å². The fourth-order valence-electron chi connectivity index (χ4n) is 3.38. The van der Waals surface area contributed by atoms with Crippen LogP contribution in [-0.2, 0) is 11.2 Å². The lowest BCUT2D eigenvalue weighted by molar-refractivity contribution is -0.384. The number of nitro groups is 2. The Morgan fingerprint density at radius 3 is 2.34 bits per heavy atom. The lowest BCUT2D eigenvalue weighted by Crippen LogP contribution is -2.34. The summed E-state index contributed by atoms with van der Waals surface area (Å²) in [5.41, 5.74) is 4.93. The first-order chi connectivity index (χ1) is 15.4. The summed E-state index contributed by atoms with van der Waals surface area (Å²) >= 11 is 0. The van der Waals surface area contributed by atoms with Crippen molar-refractivity contribution in [3.8, 4) is 0 Å². The second-order valence-electron chi connectivity index (χ2n) is 7.28. The lowest BCUT2D eigenvalue weighted by atomic mass is 10.1. The average molecular weight is 444 g/mol. The smallest absolute Gasteiger partial charge is 0.354 e. The zero-order valence-electron chi connectivity index (χ0n) is 17.3. The molecule has 0 bridgehead atoms. The van der Waals surface area contributed by atoms with Gasteiger partial charge in [0, 0.05) is 25.2 Å². The van der Waals surface area contributed by atoms with Crippen LogP contribution in [0.2, 0.25) is 0 Å². The van der Waals surface area contributed by atoms with E-state index < -0.39 is 15.8 Å². The molecule has 1 aliphatic heterocycles. The van der Waals surface area contributed by atoms with Crippen molar-refractivity contribution in [3.05, 3.63) is 56.4 Å². The molecular formula is C19H24N8O5. The number of amides is 1. The molecule has 0 unspecified atom stereocenters. The first-order valence-electron chi connectivity index (χ1n) is 10.2. The van der Waals surface area contributed by atoms with Gasteiger partial charge in [-0.3, -0.25) is 35.9 Å². The zero-order valence-corrected chi connectivity index (χ0v) is 17.3. The first kappa shape index (κ1) is 22.8. The third-order valence-electron chi connectivity index (χ3n) is 5.01. The molecular weight excluding hydrogens is 420 g/mol. The van der Waals surface area contributed by atoms with Crippen molar-refractivity contribution in [1.82, 2.24) is 20.3 Å². The summed E-state index contributed by atoms with van der Waals surface area (Å²) in [7, 11) is 0. The molecule has 0 spiro atoms. The number of nitro benzene ring substituents is 1. The van der Waals surface area contributed by atoms with Crippen LogP contribution in [0.4, 0.5) is 23.0 Å². The number of hydrogen-bond donors (Lipinski definition) is 3. The van der Waals surface area contributed by atoms with Crippen molar-refractivity contribution in [2.75, 3.05) is 36.9 Å². The number of piperidine rings is 1. The van der Waals surface area contributed by atoms with Crippen LogP contribution in [0.3, 0.4) is 0 Å². The maximum Gasteiger partial charge on any atom is 0.354 e. The first-order valence-corrected chi connectivity index (χ1v) is 10.2. The maximum absolute atomic E-state index is 12.2. The highest BCUT2D eigenvalue weighted by atomic mass is 16.6. The van der Waals surface area contributed by atoms with Crippen molar-refractivity contribution in [3.63, 3.8) is 0 Å². The standard InChI is InChI=1S/C19H24N8O5/c28-16(12-14-4-6-15(7-5-14)26(29)30)23-24-19-17(27(31)32)18(21-13-22-19)20-8-11-25-9-2-1-3-10-25/h4-7,13H,1-3,8-12H2,(H,23,28)(H2,20,21,22,24). The van der Waals surface area contributed by atoms with Crippen LogP contribution in [0, 0.1) is 20.2 Å². The molecule has 1 aromatic carbocycles. The van der Waals surface area contributed by atoms with Gasteiger partial charge in [-0.25, -0.2) is 9.97 Å². The van der Waals surface area contributed by atoms with Crippen LogP contribution in [-0.4, -0.2) is 56.8 Å². The number of carbonyl (C=O) groups is 1. The van der Waals surface area contributed by atoms with Gasteiger partial charge in [-0.1, -0.05) is 18.6 Å². The molecule has 1 fully saturated rings. The van der Waals surface area contributed by atoms with Crippen molar-refractivity contribution in [2.45, 2.75) is 25.7 Å². The summed E-state index contributed by atoms with van der Waals surface area (Å²) < 4.78 is 0. The van der Waals surface area contributed by atoms with Gasteiger partial charge in [0.05, 0.1) is 16.3 Å². The summed E-state index contributed by atoms with van der Waals surface area (Å²) in [4.78, 5) is 43.5.